The molecule has 0 aliphatic heterocycles. The fourth-order valence-electron chi connectivity index (χ4n) is 2.20. The molecule has 0 radical (unpaired) electrons. The van der Waals surface area contributed by atoms with Crippen molar-refractivity contribution in [1.82, 2.24) is 0 Å². The van der Waals surface area contributed by atoms with E-state index in [-0.39, 0.29) is 17.5 Å². The molecule has 0 bridgehead atoms. The minimum Gasteiger partial charge on any atom is -0.508 e. The predicted molar refractivity (Wildman–Crippen MR) is 78.9 cm³/mol. The Balaban J connectivity index is 2.26. The molecule has 2 aromatic carbocycles. The summed E-state index contributed by atoms with van der Waals surface area (Å²) in [6.07, 6.45) is -0.570. The van der Waals surface area contributed by atoms with Gasteiger partial charge in [0.1, 0.15) is 11.5 Å². The van der Waals surface area contributed by atoms with Gasteiger partial charge in [0.25, 0.3) is 0 Å². The summed E-state index contributed by atoms with van der Waals surface area (Å²) in [5.41, 5.74) is 2.31. The molecule has 0 heterocycles. The molecule has 0 fully saturated rings. The fraction of sp³-hybridized carbons (Fsp3) is 0.250. The van der Waals surface area contributed by atoms with Crippen LogP contribution < -0.4 is 5.32 Å². The van der Waals surface area contributed by atoms with E-state index in [1.807, 2.05) is 31.2 Å². The largest absolute Gasteiger partial charge is 0.508 e. The Kier molecular flexibility index (Phi) is 4.15. The van der Waals surface area contributed by atoms with Crippen LogP contribution in [0.4, 0.5) is 5.69 Å². The van der Waals surface area contributed by atoms with Gasteiger partial charge in [-0.05, 0) is 32.0 Å². The summed E-state index contributed by atoms with van der Waals surface area (Å²) in [5, 5.41) is 32.2. The van der Waals surface area contributed by atoms with Gasteiger partial charge in [-0.1, -0.05) is 18.2 Å². The van der Waals surface area contributed by atoms with Crippen LogP contribution in [0.5, 0.6) is 11.5 Å². The SMILES string of the molecule is CC(O)c1ccccc1NC(C)c1ccc(O)cc1O. The maximum absolute atomic E-state index is 9.87. The van der Waals surface area contributed by atoms with Crippen molar-refractivity contribution in [2.75, 3.05) is 5.32 Å². The number of anilines is 1. The molecule has 4 heteroatoms. The Bertz CT molecular complexity index is 596. The number of aliphatic hydroxyl groups is 1. The van der Waals surface area contributed by atoms with Crippen LogP contribution in [0, 0.1) is 0 Å². The van der Waals surface area contributed by atoms with Gasteiger partial charge in [-0.25, -0.2) is 0 Å². The highest BCUT2D eigenvalue weighted by atomic mass is 16.3. The van der Waals surface area contributed by atoms with Gasteiger partial charge in [0, 0.05) is 22.9 Å². The second kappa shape index (κ2) is 5.84. The Morgan fingerprint density at radius 2 is 1.65 bits per heavy atom. The lowest BCUT2D eigenvalue weighted by molar-refractivity contribution is 0.200. The van der Waals surface area contributed by atoms with Crippen molar-refractivity contribution in [3.8, 4) is 11.5 Å². The molecule has 2 unspecified atom stereocenters. The topological polar surface area (TPSA) is 72.7 Å². The fourth-order valence-corrected chi connectivity index (χ4v) is 2.20. The first-order chi connectivity index (χ1) is 9.49. The van der Waals surface area contributed by atoms with Crippen LogP contribution in [0.25, 0.3) is 0 Å². The Hall–Kier alpha value is -2.20. The summed E-state index contributed by atoms with van der Waals surface area (Å²) in [4.78, 5) is 0. The van der Waals surface area contributed by atoms with Crippen molar-refractivity contribution in [2.45, 2.75) is 26.0 Å². The maximum atomic E-state index is 9.87. The summed E-state index contributed by atoms with van der Waals surface area (Å²) in [6.45, 7) is 3.62. The zero-order valence-electron chi connectivity index (χ0n) is 11.5. The molecule has 0 amide bonds. The molecule has 0 aromatic heterocycles. The number of nitrogens with one attached hydrogen (secondary N) is 1. The number of benzene rings is 2. The highest BCUT2D eigenvalue weighted by Crippen LogP contribution is 2.31. The quantitative estimate of drug-likeness (QED) is 0.689. The molecule has 2 rings (SSSR count). The molecule has 0 spiro atoms. The Labute approximate surface area is 118 Å². The molecular formula is C16H19NO3. The first kappa shape index (κ1) is 14.2. The molecule has 0 saturated carbocycles. The van der Waals surface area contributed by atoms with Crippen LogP contribution in [0.1, 0.15) is 37.1 Å². The third-order valence-corrected chi connectivity index (χ3v) is 3.26. The molecular weight excluding hydrogens is 254 g/mol. The number of aromatic hydroxyl groups is 2. The number of hydrogen-bond donors (Lipinski definition) is 4. The molecule has 4 N–H and O–H groups in total. The van der Waals surface area contributed by atoms with E-state index in [9.17, 15) is 15.3 Å². The summed E-state index contributed by atoms with van der Waals surface area (Å²) < 4.78 is 0. The molecule has 0 saturated heterocycles. The van der Waals surface area contributed by atoms with Gasteiger partial charge in [-0.15, -0.1) is 0 Å². The summed E-state index contributed by atoms with van der Waals surface area (Å²) in [6, 6.07) is 11.9. The highest BCUT2D eigenvalue weighted by Gasteiger charge is 2.14. The summed E-state index contributed by atoms with van der Waals surface area (Å²) in [5.74, 6) is 0.0716. The molecule has 0 aliphatic rings. The molecule has 0 aliphatic carbocycles. The van der Waals surface area contributed by atoms with Gasteiger partial charge >= 0.3 is 0 Å². The number of para-hydroxylation sites is 1. The van der Waals surface area contributed by atoms with Gasteiger partial charge in [0.05, 0.1) is 12.1 Å². The van der Waals surface area contributed by atoms with Gasteiger partial charge in [-0.3, -0.25) is 0 Å². The van der Waals surface area contributed by atoms with Crippen LogP contribution in [-0.4, -0.2) is 15.3 Å². The number of phenolic OH excluding ortho intramolecular Hbond substituents is 2. The van der Waals surface area contributed by atoms with Crippen LogP contribution in [0.2, 0.25) is 0 Å². The van der Waals surface area contributed by atoms with E-state index in [1.165, 1.54) is 12.1 Å². The highest BCUT2D eigenvalue weighted by molar-refractivity contribution is 5.54. The first-order valence-electron chi connectivity index (χ1n) is 6.54. The van der Waals surface area contributed by atoms with E-state index in [0.717, 1.165) is 11.3 Å². The maximum Gasteiger partial charge on any atom is 0.124 e. The van der Waals surface area contributed by atoms with Gasteiger partial charge in [0.2, 0.25) is 0 Å². The van der Waals surface area contributed by atoms with Gasteiger partial charge in [0.15, 0.2) is 0 Å². The minimum absolute atomic E-state index is 0.0304. The number of aliphatic hydroxyl groups excluding tert-OH is 1. The average Bonchev–Trinajstić information content (AvgIpc) is 2.38. The van der Waals surface area contributed by atoms with Crippen molar-refractivity contribution in [2.24, 2.45) is 0 Å². The Morgan fingerprint density at radius 3 is 2.30 bits per heavy atom. The van der Waals surface area contributed by atoms with Gasteiger partial charge in [-0.2, -0.15) is 0 Å². The molecule has 2 aromatic rings. The standard InChI is InChI=1S/C16H19NO3/c1-10(13-8-7-12(19)9-16(13)20)17-15-6-4-3-5-14(15)11(2)18/h3-11,17-20H,1-2H3. The van der Waals surface area contributed by atoms with E-state index in [1.54, 1.807) is 13.0 Å². The lowest BCUT2D eigenvalue weighted by Gasteiger charge is -2.20. The zero-order valence-corrected chi connectivity index (χ0v) is 11.5. The number of rotatable bonds is 4. The molecule has 4 nitrogen and oxygen atoms in total. The summed E-state index contributed by atoms with van der Waals surface area (Å²) >= 11 is 0. The lowest BCUT2D eigenvalue weighted by atomic mass is 10.0. The second-order valence-corrected chi connectivity index (χ2v) is 4.87. The zero-order chi connectivity index (χ0) is 14.7. The van der Waals surface area contributed by atoms with E-state index >= 15 is 0 Å². The third-order valence-electron chi connectivity index (χ3n) is 3.26. The number of phenols is 2. The molecule has 106 valence electrons. The minimum atomic E-state index is -0.570. The second-order valence-electron chi connectivity index (χ2n) is 4.87. The van der Waals surface area contributed by atoms with E-state index < -0.39 is 6.10 Å². The predicted octanol–water partition coefficient (Wildman–Crippen LogP) is 3.32. The smallest absolute Gasteiger partial charge is 0.124 e. The first-order valence-corrected chi connectivity index (χ1v) is 6.54. The van der Waals surface area contributed by atoms with Crippen LogP contribution >= 0.6 is 0 Å². The van der Waals surface area contributed by atoms with Crippen molar-refractivity contribution in [3.63, 3.8) is 0 Å². The molecule has 2 atom stereocenters. The van der Waals surface area contributed by atoms with Crippen molar-refractivity contribution in [3.05, 3.63) is 53.6 Å². The average molecular weight is 273 g/mol. The van der Waals surface area contributed by atoms with Crippen LogP contribution in [-0.2, 0) is 0 Å². The van der Waals surface area contributed by atoms with Crippen LogP contribution in [0.15, 0.2) is 42.5 Å². The van der Waals surface area contributed by atoms with E-state index in [0.29, 0.717) is 5.56 Å². The van der Waals surface area contributed by atoms with Crippen molar-refractivity contribution < 1.29 is 15.3 Å². The Morgan fingerprint density at radius 1 is 0.950 bits per heavy atom. The summed E-state index contributed by atoms with van der Waals surface area (Å²) in [7, 11) is 0. The third kappa shape index (κ3) is 3.03. The van der Waals surface area contributed by atoms with Crippen LogP contribution in [0.3, 0.4) is 0 Å². The lowest BCUT2D eigenvalue weighted by Crippen LogP contribution is -2.09. The molecule has 20 heavy (non-hydrogen) atoms. The monoisotopic (exact) mass is 273 g/mol. The van der Waals surface area contributed by atoms with Crippen molar-refractivity contribution >= 4 is 5.69 Å². The van der Waals surface area contributed by atoms with E-state index in [2.05, 4.69) is 5.32 Å². The van der Waals surface area contributed by atoms with Crippen molar-refractivity contribution in [1.29, 1.82) is 0 Å². The van der Waals surface area contributed by atoms with Gasteiger partial charge < -0.3 is 20.6 Å². The number of hydrogen-bond acceptors (Lipinski definition) is 4. The normalized spacial score (nSPS) is 13.8. The van der Waals surface area contributed by atoms with E-state index in [4.69, 9.17) is 0 Å².